The Labute approximate surface area is 103 Å². The molecule has 0 aromatic carbocycles. The molecule has 2 rings (SSSR count). The van der Waals surface area contributed by atoms with E-state index in [1.54, 1.807) is 12.3 Å². The quantitative estimate of drug-likeness (QED) is 0.847. The number of rotatable bonds is 2. The highest BCUT2D eigenvalue weighted by atomic mass is 15.0. The summed E-state index contributed by atoms with van der Waals surface area (Å²) in [6.07, 6.45) is 5.42. The molecule has 1 aromatic heterocycles. The van der Waals surface area contributed by atoms with Crippen LogP contribution in [0.25, 0.3) is 0 Å². The first-order chi connectivity index (χ1) is 8.20. The average molecular weight is 229 g/mol. The molecule has 0 aliphatic heterocycles. The lowest BCUT2D eigenvalue weighted by Gasteiger charge is -2.33. The zero-order valence-electron chi connectivity index (χ0n) is 10.5. The molecule has 1 aliphatic carbocycles. The van der Waals surface area contributed by atoms with E-state index in [1.807, 2.05) is 6.07 Å². The van der Waals surface area contributed by atoms with Crippen LogP contribution in [0, 0.1) is 23.2 Å². The van der Waals surface area contributed by atoms with E-state index in [1.165, 1.54) is 19.3 Å². The number of nitrogens with zero attached hydrogens (tertiary/aromatic N) is 2. The minimum atomic E-state index is 0.452. The summed E-state index contributed by atoms with van der Waals surface area (Å²) in [4.78, 5) is 4.26. The Morgan fingerprint density at radius 1 is 1.41 bits per heavy atom. The third kappa shape index (κ3) is 2.76. The van der Waals surface area contributed by atoms with Crippen molar-refractivity contribution in [1.82, 2.24) is 4.98 Å². The van der Waals surface area contributed by atoms with Crippen molar-refractivity contribution in [3.05, 3.63) is 23.9 Å². The molecule has 3 nitrogen and oxygen atoms in total. The van der Waals surface area contributed by atoms with Gasteiger partial charge < -0.3 is 5.32 Å². The molecule has 0 amide bonds. The first-order valence-electron chi connectivity index (χ1n) is 6.32. The maximum absolute atomic E-state index is 9.03. The Bertz CT molecular complexity index is 422. The molecular weight excluding hydrogens is 210 g/mol. The van der Waals surface area contributed by atoms with Crippen LogP contribution in [0.5, 0.6) is 0 Å². The maximum Gasteiger partial charge on any atom is 0.144 e. The predicted molar refractivity (Wildman–Crippen MR) is 68.5 cm³/mol. The summed E-state index contributed by atoms with van der Waals surface area (Å²) in [6, 6.07) is 6.25. The molecule has 1 N–H and O–H groups in total. The monoisotopic (exact) mass is 229 g/mol. The molecule has 1 saturated carbocycles. The zero-order valence-corrected chi connectivity index (χ0v) is 10.5. The minimum Gasteiger partial charge on any atom is -0.366 e. The van der Waals surface area contributed by atoms with Gasteiger partial charge in [-0.15, -0.1) is 0 Å². The van der Waals surface area contributed by atoms with Crippen molar-refractivity contribution in [3.8, 4) is 6.07 Å². The van der Waals surface area contributed by atoms with E-state index >= 15 is 0 Å². The normalized spacial score (nSPS) is 28.4. The van der Waals surface area contributed by atoms with Gasteiger partial charge in [0.2, 0.25) is 0 Å². The zero-order chi connectivity index (χ0) is 12.3. The van der Waals surface area contributed by atoms with Gasteiger partial charge in [-0.1, -0.05) is 13.8 Å². The van der Waals surface area contributed by atoms with Gasteiger partial charge in [0.1, 0.15) is 11.9 Å². The summed E-state index contributed by atoms with van der Waals surface area (Å²) < 4.78 is 0. The maximum atomic E-state index is 9.03. The molecule has 1 aromatic rings. The van der Waals surface area contributed by atoms with Crippen LogP contribution >= 0.6 is 0 Å². The second-order valence-electron chi connectivity index (χ2n) is 5.16. The van der Waals surface area contributed by atoms with Crippen molar-refractivity contribution in [2.75, 3.05) is 5.32 Å². The molecule has 1 heterocycles. The lowest BCUT2D eigenvalue weighted by atomic mass is 9.80. The number of pyridine rings is 1. The largest absolute Gasteiger partial charge is 0.366 e. The van der Waals surface area contributed by atoms with E-state index in [0.29, 0.717) is 17.5 Å². The second kappa shape index (κ2) is 5.18. The summed E-state index contributed by atoms with van der Waals surface area (Å²) >= 11 is 0. The summed E-state index contributed by atoms with van der Waals surface area (Å²) in [5, 5.41) is 12.5. The van der Waals surface area contributed by atoms with Crippen molar-refractivity contribution in [2.24, 2.45) is 11.8 Å². The lowest BCUT2D eigenvalue weighted by Crippen LogP contribution is -2.33. The van der Waals surface area contributed by atoms with Gasteiger partial charge in [0.15, 0.2) is 0 Å². The van der Waals surface area contributed by atoms with E-state index in [0.717, 1.165) is 11.7 Å². The minimum absolute atomic E-state index is 0.452. The van der Waals surface area contributed by atoms with E-state index in [4.69, 9.17) is 5.26 Å². The van der Waals surface area contributed by atoms with Crippen LogP contribution in [-0.2, 0) is 0 Å². The third-order valence-corrected chi connectivity index (χ3v) is 3.68. The molecule has 0 saturated heterocycles. The molecule has 1 fully saturated rings. The average Bonchev–Trinajstić information content (AvgIpc) is 2.33. The molecule has 0 bridgehead atoms. The standard InChI is InChI=1S/C14H19N3/c1-10-5-6-13(11(2)8-10)17-14-12(9-15)4-3-7-16-14/h3-4,7,10-11,13H,5-6,8H2,1-2H3,(H,16,17). The molecular formula is C14H19N3. The van der Waals surface area contributed by atoms with E-state index in [9.17, 15) is 0 Å². The molecule has 0 spiro atoms. The Morgan fingerprint density at radius 3 is 2.94 bits per heavy atom. The smallest absolute Gasteiger partial charge is 0.144 e. The molecule has 90 valence electrons. The first-order valence-corrected chi connectivity index (χ1v) is 6.32. The third-order valence-electron chi connectivity index (χ3n) is 3.68. The molecule has 17 heavy (non-hydrogen) atoms. The van der Waals surface area contributed by atoms with Gasteiger partial charge in [-0.2, -0.15) is 5.26 Å². The Kier molecular flexibility index (Phi) is 3.63. The van der Waals surface area contributed by atoms with Gasteiger partial charge in [0, 0.05) is 12.2 Å². The van der Waals surface area contributed by atoms with Crippen LogP contribution in [0.15, 0.2) is 18.3 Å². The summed E-state index contributed by atoms with van der Waals surface area (Å²) in [5.74, 6) is 2.20. The van der Waals surface area contributed by atoms with Gasteiger partial charge in [-0.3, -0.25) is 0 Å². The van der Waals surface area contributed by atoms with Gasteiger partial charge in [0.05, 0.1) is 5.56 Å². The SMILES string of the molecule is CC1CCC(Nc2ncccc2C#N)C(C)C1. The van der Waals surface area contributed by atoms with Crippen LogP contribution in [0.4, 0.5) is 5.82 Å². The van der Waals surface area contributed by atoms with Crippen LogP contribution < -0.4 is 5.32 Å². The fraction of sp³-hybridized carbons (Fsp3) is 0.571. The number of anilines is 1. The summed E-state index contributed by atoms with van der Waals surface area (Å²) in [5.41, 5.74) is 0.637. The van der Waals surface area contributed by atoms with Crippen molar-refractivity contribution in [1.29, 1.82) is 5.26 Å². The Hall–Kier alpha value is -1.56. The van der Waals surface area contributed by atoms with Gasteiger partial charge in [-0.25, -0.2) is 4.98 Å². The van der Waals surface area contributed by atoms with Gasteiger partial charge >= 0.3 is 0 Å². The van der Waals surface area contributed by atoms with Crippen molar-refractivity contribution in [3.63, 3.8) is 0 Å². The van der Waals surface area contributed by atoms with E-state index in [-0.39, 0.29) is 0 Å². The predicted octanol–water partition coefficient (Wildman–Crippen LogP) is 3.19. The number of hydrogen-bond donors (Lipinski definition) is 1. The van der Waals surface area contributed by atoms with Gasteiger partial charge in [-0.05, 0) is 43.2 Å². The fourth-order valence-electron chi connectivity index (χ4n) is 2.67. The lowest BCUT2D eigenvalue weighted by molar-refractivity contribution is 0.276. The highest BCUT2D eigenvalue weighted by Crippen LogP contribution is 2.30. The van der Waals surface area contributed by atoms with Crippen LogP contribution in [0.3, 0.4) is 0 Å². The molecule has 0 radical (unpaired) electrons. The molecule has 1 aliphatic rings. The Morgan fingerprint density at radius 2 is 2.24 bits per heavy atom. The summed E-state index contributed by atoms with van der Waals surface area (Å²) in [7, 11) is 0. The topological polar surface area (TPSA) is 48.7 Å². The van der Waals surface area contributed by atoms with Crippen molar-refractivity contribution < 1.29 is 0 Å². The molecule has 3 heteroatoms. The van der Waals surface area contributed by atoms with Crippen LogP contribution in [0.2, 0.25) is 0 Å². The number of hydrogen-bond acceptors (Lipinski definition) is 3. The van der Waals surface area contributed by atoms with Gasteiger partial charge in [0.25, 0.3) is 0 Å². The number of aromatic nitrogens is 1. The van der Waals surface area contributed by atoms with E-state index < -0.39 is 0 Å². The molecule has 3 unspecified atom stereocenters. The summed E-state index contributed by atoms with van der Waals surface area (Å²) in [6.45, 7) is 4.59. The van der Waals surface area contributed by atoms with Crippen molar-refractivity contribution in [2.45, 2.75) is 39.2 Å². The highest BCUT2D eigenvalue weighted by Gasteiger charge is 2.25. The fourth-order valence-corrected chi connectivity index (χ4v) is 2.67. The molecule has 3 atom stereocenters. The first kappa shape index (κ1) is 11.9. The number of nitrogens with one attached hydrogen (secondary N) is 1. The van der Waals surface area contributed by atoms with Crippen LogP contribution in [-0.4, -0.2) is 11.0 Å². The van der Waals surface area contributed by atoms with E-state index in [2.05, 4.69) is 30.2 Å². The second-order valence-corrected chi connectivity index (χ2v) is 5.16. The number of nitriles is 1. The van der Waals surface area contributed by atoms with Crippen LogP contribution in [0.1, 0.15) is 38.7 Å². The Balaban J connectivity index is 2.08. The highest BCUT2D eigenvalue weighted by molar-refractivity contribution is 5.51. The van der Waals surface area contributed by atoms with Crippen molar-refractivity contribution >= 4 is 5.82 Å².